The Kier molecular flexibility index (Phi) is 3.26. The van der Waals surface area contributed by atoms with Gasteiger partial charge in [0.05, 0.1) is 11.7 Å². The van der Waals surface area contributed by atoms with E-state index in [4.69, 9.17) is 5.26 Å². The van der Waals surface area contributed by atoms with Gasteiger partial charge in [-0.15, -0.1) is 0 Å². The summed E-state index contributed by atoms with van der Waals surface area (Å²) >= 11 is 0. The number of nitriles is 1. The maximum absolute atomic E-state index is 10.6. The third-order valence-electron chi connectivity index (χ3n) is 4.05. The van der Waals surface area contributed by atoms with Crippen molar-refractivity contribution >= 4 is 16.6 Å². The lowest BCUT2D eigenvalue weighted by atomic mass is 10.1. The summed E-state index contributed by atoms with van der Waals surface area (Å²) in [6, 6.07) is 7.75. The van der Waals surface area contributed by atoms with Crippen LogP contribution < -0.4 is 4.31 Å². The number of likely N-dealkylation sites (tertiary alicyclic amines) is 1. The van der Waals surface area contributed by atoms with Gasteiger partial charge in [0.15, 0.2) is 6.19 Å². The molecular formula is C13H18N4O2S. The van der Waals surface area contributed by atoms with Crippen LogP contribution in [-0.4, -0.2) is 44.5 Å². The number of hydrogen-bond donors (Lipinski definition) is 2. The minimum atomic E-state index is -3.00. The largest absolute Gasteiger partial charge is 0.309 e. The first kappa shape index (κ1) is 13.5. The lowest BCUT2D eigenvalue weighted by Crippen LogP contribution is -2.47. The van der Waals surface area contributed by atoms with Crippen molar-refractivity contribution in [3.63, 3.8) is 0 Å². The molecule has 0 aliphatic carbocycles. The van der Waals surface area contributed by atoms with E-state index in [2.05, 4.69) is 6.19 Å². The highest BCUT2D eigenvalue weighted by Crippen LogP contribution is 2.55. The van der Waals surface area contributed by atoms with Gasteiger partial charge in [0.25, 0.3) is 0 Å². The molecule has 108 valence electrons. The monoisotopic (exact) mass is 294 g/mol. The molecule has 1 atom stereocenters. The Bertz CT molecular complexity index is 560. The maximum Gasteiger partial charge on any atom is 0.179 e. The van der Waals surface area contributed by atoms with E-state index in [9.17, 15) is 9.11 Å². The van der Waals surface area contributed by atoms with E-state index in [-0.39, 0.29) is 6.04 Å². The van der Waals surface area contributed by atoms with E-state index in [1.807, 2.05) is 24.3 Å². The Balaban J connectivity index is 1.92. The molecule has 2 heterocycles. The van der Waals surface area contributed by atoms with Gasteiger partial charge >= 0.3 is 0 Å². The summed E-state index contributed by atoms with van der Waals surface area (Å²) < 4.78 is 24.4. The van der Waals surface area contributed by atoms with E-state index in [1.54, 1.807) is 20.6 Å². The molecule has 20 heavy (non-hydrogen) atoms. The summed E-state index contributed by atoms with van der Waals surface area (Å²) in [5.41, 5.74) is 1.94. The lowest BCUT2D eigenvalue weighted by Gasteiger charge is -2.54. The highest BCUT2D eigenvalue weighted by atomic mass is 32.3. The number of fused-ring (bicyclic) bond motifs is 1. The van der Waals surface area contributed by atoms with E-state index in [0.717, 1.165) is 17.7 Å². The van der Waals surface area contributed by atoms with Crippen molar-refractivity contribution in [2.24, 2.45) is 0 Å². The molecule has 7 heteroatoms. The van der Waals surface area contributed by atoms with Gasteiger partial charge in [-0.25, -0.2) is 0 Å². The minimum Gasteiger partial charge on any atom is -0.309 e. The van der Waals surface area contributed by atoms with Crippen LogP contribution in [-0.2, 0) is 6.54 Å². The predicted molar refractivity (Wildman–Crippen MR) is 78.8 cm³/mol. The first-order chi connectivity index (χ1) is 9.54. The molecule has 1 saturated heterocycles. The van der Waals surface area contributed by atoms with Crippen molar-refractivity contribution < 1.29 is 9.11 Å². The lowest BCUT2D eigenvalue weighted by molar-refractivity contribution is 0.271. The maximum atomic E-state index is 10.6. The summed E-state index contributed by atoms with van der Waals surface area (Å²) in [4.78, 5) is 1.67. The Labute approximate surface area is 120 Å². The predicted octanol–water partition coefficient (Wildman–Crippen LogP) is 2.07. The molecule has 0 aromatic heterocycles. The van der Waals surface area contributed by atoms with Gasteiger partial charge in [0, 0.05) is 26.7 Å². The molecule has 0 bridgehead atoms. The second-order valence-electron chi connectivity index (χ2n) is 5.18. The Hall–Kier alpha value is -1.46. The third-order valence-corrected chi connectivity index (χ3v) is 6.04. The van der Waals surface area contributed by atoms with Gasteiger partial charge in [-0.3, -0.25) is 13.4 Å². The Morgan fingerprint density at radius 1 is 1.35 bits per heavy atom. The first-order valence-electron chi connectivity index (χ1n) is 6.55. The van der Waals surface area contributed by atoms with Crippen LogP contribution in [0.4, 0.5) is 5.69 Å². The van der Waals surface area contributed by atoms with Crippen molar-refractivity contribution in [3.8, 4) is 6.19 Å². The summed E-state index contributed by atoms with van der Waals surface area (Å²) in [5, 5.41) is 8.95. The first-order valence-corrected chi connectivity index (χ1v) is 8.01. The zero-order valence-electron chi connectivity index (χ0n) is 11.3. The van der Waals surface area contributed by atoms with Crippen molar-refractivity contribution in [1.82, 2.24) is 9.21 Å². The van der Waals surface area contributed by atoms with Crippen LogP contribution in [0.1, 0.15) is 12.0 Å². The fourth-order valence-electron chi connectivity index (χ4n) is 2.89. The van der Waals surface area contributed by atoms with E-state index < -0.39 is 11.0 Å². The molecule has 0 unspecified atom stereocenters. The van der Waals surface area contributed by atoms with Crippen molar-refractivity contribution in [1.29, 1.82) is 5.26 Å². The number of para-hydroxylation sites is 1. The zero-order valence-corrected chi connectivity index (χ0v) is 12.1. The molecule has 6 nitrogen and oxygen atoms in total. The number of nitrogens with zero attached hydrogens (tertiary/aromatic N) is 4. The normalized spacial score (nSPS) is 27.0. The molecule has 0 radical (unpaired) electrons. The third kappa shape index (κ3) is 2.01. The summed E-state index contributed by atoms with van der Waals surface area (Å²) in [6.07, 6.45) is 2.91. The fraction of sp³-hybridized carbons (Fsp3) is 0.462. The van der Waals surface area contributed by atoms with Crippen LogP contribution in [0.3, 0.4) is 0 Å². The molecule has 1 aromatic rings. The molecule has 0 saturated carbocycles. The summed E-state index contributed by atoms with van der Waals surface area (Å²) in [5.74, 6) is 0. The SMILES string of the molecule is CN1c2ccccc2CN([C@@H]2CCN(C#N)C2)S1(O)O. The molecule has 1 fully saturated rings. The standard InChI is InChI=1S/C13H18N4O2S/c1-15-13-5-3-2-4-11(13)8-17(20(15,18)19)12-6-7-16(9-12)10-14/h2-5,12,18-19H,6-9H2,1H3/t12-/m1/s1. The molecule has 2 aliphatic heterocycles. The zero-order chi connectivity index (χ0) is 14.3. The van der Waals surface area contributed by atoms with E-state index >= 15 is 0 Å². The number of hydrogen-bond acceptors (Lipinski definition) is 6. The minimum absolute atomic E-state index is 0.00421. The second-order valence-corrected chi connectivity index (χ2v) is 7.18. The van der Waals surface area contributed by atoms with Gasteiger partial charge in [-0.2, -0.15) is 9.57 Å². The van der Waals surface area contributed by atoms with Crippen LogP contribution in [0.2, 0.25) is 0 Å². The van der Waals surface area contributed by atoms with E-state index in [0.29, 0.717) is 19.6 Å². The van der Waals surface area contributed by atoms with Crippen LogP contribution >= 0.6 is 11.0 Å². The van der Waals surface area contributed by atoms with Crippen LogP contribution in [0, 0.1) is 11.5 Å². The molecule has 0 amide bonds. The van der Waals surface area contributed by atoms with E-state index in [1.165, 1.54) is 0 Å². The van der Waals surface area contributed by atoms with Crippen LogP contribution in [0.15, 0.2) is 24.3 Å². The molecular weight excluding hydrogens is 276 g/mol. The van der Waals surface area contributed by atoms with Crippen LogP contribution in [0.5, 0.6) is 0 Å². The molecule has 1 aromatic carbocycles. The molecule has 2 aliphatic rings. The average Bonchev–Trinajstić information content (AvgIpc) is 2.91. The smallest absolute Gasteiger partial charge is 0.179 e. The quantitative estimate of drug-likeness (QED) is 0.772. The number of rotatable bonds is 1. The fourth-order valence-corrected chi connectivity index (χ4v) is 4.53. The molecule has 2 N–H and O–H groups in total. The number of anilines is 1. The van der Waals surface area contributed by atoms with Crippen molar-refractivity contribution in [3.05, 3.63) is 29.8 Å². The van der Waals surface area contributed by atoms with Gasteiger partial charge in [-0.05, 0) is 18.1 Å². The van der Waals surface area contributed by atoms with Gasteiger partial charge in [0.1, 0.15) is 0 Å². The molecule has 0 spiro atoms. The Morgan fingerprint density at radius 2 is 2.10 bits per heavy atom. The topological polar surface area (TPSA) is 74.0 Å². The Morgan fingerprint density at radius 3 is 2.80 bits per heavy atom. The average molecular weight is 294 g/mol. The highest BCUT2D eigenvalue weighted by Gasteiger charge is 2.41. The van der Waals surface area contributed by atoms with Crippen molar-refractivity contribution in [2.45, 2.75) is 19.0 Å². The van der Waals surface area contributed by atoms with Gasteiger partial charge < -0.3 is 4.90 Å². The summed E-state index contributed by atoms with van der Waals surface area (Å²) in [6.45, 7) is 1.74. The summed E-state index contributed by atoms with van der Waals surface area (Å²) in [7, 11) is -1.29. The highest BCUT2D eigenvalue weighted by molar-refractivity contribution is 8.23. The van der Waals surface area contributed by atoms with Gasteiger partial charge in [0.2, 0.25) is 0 Å². The number of benzene rings is 1. The molecule has 3 rings (SSSR count). The van der Waals surface area contributed by atoms with Crippen LogP contribution in [0.25, 0.3) is 0 Å². The van der Waals surface area contributed by atoms with Crippen molar-refractivity contribution in [2.75, 3.05) is 24.4 Å². The van der Waals surface area contributed by atoms with Gasteiger partial charge in [-0.1, -0.05) is 29.2 Å². The second kappa shape index (κ2) is 4.82.